The zero-order chi connectivity index (χ0) is 19.1. The summed E-state index contributed by atoms with van der Waals surface area (Å²) in [6.07, 6.45) is 4.05. The van der Waals surface area contributed by atoms with E-state index in [2.05, 4.69) is 0 Å². The van der Waals surface area contributed by atoms with Gasteiger partial charge in [-0.3, -0.25) is 19.2 Å². The van der Waals surface area contributed by atoms with Gasteiger partial charge in [0.15, 0.2) is 0 Å². The van der Waals surface area contributed by atoms with Gasteiger partial charge in [-0.15, -0.1) is 0 Å². The van der Waals surface area contributed by atoms with Crippen molar-refractivity contribution in [2.45, 2.75) is 51.4 Å². The summed E-state index contributed by atoms with van der Waals surface area (Å²) in [5.74, 6) is -2.21. The number of hydrogen-bond donors (Lipinski definition) is 2. The van der Waals surface area contributed by atoms with Gasteiger partial charge in [-0.05, 0) is 38.5 Å². The lowest BCUT2D eigenvalue weighted by atomic mass is 9.96. The highest BCUT2D eigenvalue weighted by Gasteiger charge is 2.28. The fourth-order valence-corrected chi connectivity index (χ4v) is 3.62. The van der Waals surface area contributed by atoms with Crippen molar-refractivity contribution in [1.29, 1.82) is 0 Å². The third-order valence-corrected chi connectivity index (χ3v) is 5.43. The van der Waals surface area contributed by atoms with Gasteiger partial charge in [-0.1, -0.05) is 0 Å². The number of carboxylic acid groups (broad SMARTS) is 2. The van der Waals surface area contributed by atoms with Crippen molar-refractivity contribution >= 4 is 23.8 Å². The van der Waals surface area contributed by atoms with Crippen LogP contribution in [0.25, 0.3) is 0 Å². The molecule has 0 atom stereocenters. The van der Waals surface area contributed by atoms with Gasteiger partial charge in [0.2, 0.25) is 11.8 Å². The first-order valence-corrected chi connectivity index (χ1v) is 9.39. The first kappa shape index (κ1) is 20.2. The molecule has 0 spiro atoms. The van der Waals surface area contributed by atoms with E-state index < -0.39 is 11.9 Å². The summed E-state index contributed by atoms with van der Waals surface area (Å²) in [5.41, 5.74) is 0. The van der Waals surface area contributed by atoms with Gasteiger partial charge in [-0.2, -0.15) is 0 Å². The maximum Gasteiger partial charge on any atom is 0.306 e. The van der Waals surface area contributed by atoms with Crippen molar-refractivity contribution in [3.05, 3.63) is 0 Å². The highest BCUT2D eigenvalue weighted by Crippen LogP contribution is 2.20. The van der Waals surface area contributed by atoms with Crippen molar-refractivity contribution in [3.8, 4) is 0 Å². The molecule has 0 aliphatic carbocycles. The molecule has 0 aromatic heterocycles. The van der Waals surface area contributed by atoms with Gasteiger partial charge in [-0.25, -0.2) is 0 Å². The smallest absolute Gasteiger partial charge is 0.306 e. The van der Waals surface area contributed by atoms with E-state index in [-0.39, 0.29) is 23.7 Å². The van der Waals surface area contributed by atoms with Gasteiger partial charge in [0.25, 0.3) is 0 Å². The average molecular weight is 368 g/mol. The molecule has 2 heterocycles. The van der Waals surface area contributed by atoms with E-state index in [0.29, 0.717) is 77.5 Å². The monoisotopic (exact) mass is 368 g/mol. The fourth-order valence-electron chi connectivity index (χ4n) is 3.62. The summed E-state index contributed by atoms with van der Waals surface area (Å²) in [7, 11) is 0. The summed E-state index contributed by atoms with van der Waals surface area (Å²) in [6, 6.07) is 0. The van der Waals surface area contributed by atoms with Crippen molar-refractivity contribution in [1.82, 2.24) is 9.80 Å². The van der Waals surface area contributed by atoms with Crippen molar-refractivity contribution < 1.29 is 29.4 Å². The van der Waals surface area contributed by atoms with Gasteiger partial charge in [0.05, 0.1) is 11.8 Å². The van der Waals surface area contributed by atoms with E-state index >= 15 is 0 Å². The second kappa shape index (κ2) is 9.54. The maximum atomic E-state index is 12.1. The first-order chi connectivity index (χ1) is 12.4. The predicted molar refractivity (Wildman–Crippen MR) is 92.3 cm³/mol. The Balaban J connectivity index is 1.59. The Morgan fingerprint density at radius 3 is 1.23 bits per heavy atom. The molecule has 0 aromatic carbocycles. The number of rotatable bonds is 7. The zero-order valence-corrected chi connectivity index (χ0v) is 15.1. The number of carbonyl (C=O) groups is 4. The van der Waals surface area contributed by atoms with E-state index in [1.807, 2.05) is 0 Å². The molecule has 8 nitrogen and oxygen atoms in total. The number of carbonyl (C=O) groups excluding carboxylic acids is 2. The standard InChI is InChI=1S/C18H28N2O6/c21-15(19-9-5-13(6-10-19)17(23)24)3-1-2-4-16(22)20-11-7-14(8-12-20)18(25)26/h13-14H,1-12H2,(H,23,24)(H,25,26). The second-order valence-electron chi connectivity index (χ2n) is 7.19. The number of nitrogens with zero attached hydrogens (tertiary/aromatic N) is 2. The molecule has 2 amide bonds. The SMILES string of the molecule is O=C(O)C1CCN(C(=O)CCCCC(=O)N2CCC(C(=O)O)CC2)CC1. The number of amides is 2. The number of carboxylic acids is 2. The van der Waals surface area contributed by atoms with Crippen LogP contribution < -0.4 is 0 Å². The highest BCUT2D eigenvalue weighted by molar-refractivity contribution is 5.78. The lowest BCUT2D eigenvalue weighted by Gasteiger charge is -2.30. The van der Waals surface area contributed by atoms with Crippen LogP contribution in [0.3, 0.4) is 0 Å². The van der Waals surface area contributed by atoms with Crippen molar-refractivity contribution in [2.75, 3.05) is 26.2 Å². The Hall–Kier alpha value is -2.12. The minimum Gasteiger partial charge on any atom is -0.481 e. The number of unbranched alkanes of at least 4 members (excludes halogenated alkanes) is 1. The molecule has 0 aromatic rings. The van der Waals surface area contributed by atoms with Crippen LogP contribution >= 0.6 is 0 Å². The normalized spacial score (nSPS) is 19.4. The average Bonchev–Trinajstić information content (AvgIpc) is 2.65. The first-order valence-electron chi connectivity index (χ1n) is 9.39. The third kappa shape index (κ3) is 5.71. The minimum atomic E-state index is -0.789. The highest BCUT2D eigenvalue weighted by atomic mass is 16.4. The van der Waals surface area contributed by atoms with E-state index in [1.165, 1.54) is 0 Å². The summed E-state index contributed by atoms with van der Waals surface area (Å²) in [6.45, 7) is 1.97. The topological polar surface area (TPSA) is 115 Å². The van der Waals surface area contributed by atoms with E-state index in [4.69, 9.17) is 10.2 Å². The van der Waals surface area contributed by atoms with Gasteiger partial charge in [0, 0.05) is 39.0 Å². The number of aliphatic carboxylic acids is 2. The van der Waals surface area contributed by atoms with E-state index in [1.54, 1.807) is 9.80 Å². The molecule has 0 saturated carbocycles. The van der Waals surface area contributed by atoms with Crippen LogP contribution in [-0.2, 0) is 19.2 Å². The van der Waals surface area contributed by atoms with Gasteiger partial charge >= 0.3 is 11.9 Å². The molecular formula is C18H28N2O6. The largest absolute Gasteiger partial charge is 0.481 e. The number of likely N-dealkylation sites (tertiary alicyclic amines) is 2. The van der Waals surface area contributed by atoms with Crippen LogP contribution in [0.2, 0.25) is 0 Å². The molecule has 2 rings (SSSR count). The molecule has 0 bridgehead atoms. The second-order valence-corrected chi connectivity index (χ2v) is 7.19. The molecule has 2 aliphatic heterocycles. The third-order valence-electron chi connectivity index (χ3n) is 5.43. The Kier molecular flexibility index (Phi) is 7.41. The van der Waals surface area contributed by atoms with E-state index in [0.717, 1.165) is 0 Å². The molecule has 2 saturated heterocycles. The van der Waals surface area contributed by atoms with Crippen LogP contribution in [0.4, 0.5) is 0 Å². The van der Waals surface area contributed by atoms with Gasteiger partial charge < -0.3 is 20.0 Å². The van der Waals surface area contributed by atoms with E-state index in [9.17, 15) is 19.2 Å². The van der Waals surface area contributed by atoms with Crippen LogP contribution in [0.15, 0.2) is 0 Å². The van der Waals surface area contributed by atoms with Gasteiger partial charge in [0.1, 0.15) is 0 Å². The van der Waals surface area contributed by atoms with Crippen molar-refractivity contribution in [3.63, 3.8) is 0 Å². The molecular weight excluding hydrogens is 340 g/mol. The lowest BCUT2D eigenvalue weighted by molar-refractivity contribution is -0.146. The zero-order valence-electron chi connectivity index (χ0n) is 15.1. The Labute approximate surface area is 153 Å². The Bertz CT molecular complexity index is 486. The molecule has 2 fully saturated rings. The molecule has 2 N–H and O–H groups in total. The molecule has 0 radical (unpaired) electrons. The summed E-state index contributed by atoms with van der Waals surface area (Å²) >= 11 is 0. The summed E-state index contributed by atoms with van der Waals surface area (Å²) in [4.78, 5) is 49.6. The quantitative estimate of drug-likeness (QED) is 0.652. The Morgan fingerprint density at radius 1 is 0.654 bits per heavy atom. The molecule has 146 valence electrons. The van der Waals surface area contributed by atoms with Crippen LogP contribution in [-0.4, -0.2) is 69.9 Å². The van der Waals surface area contributed by atoms with Crippen LogP contribution in [0, 0.1) is 11.8 Å². The molecule has 2 aliphatic rings. The minimum absolute atomic E-state index is 0.0311. The molecule has 0 unspecified atom stereocenters. The Morgan fingerprint density at radius 2 is 0.962 bits per heavy atom. The number of piperidine rings is 2. The maximum absolute atomic E-state index is 12.1. The molecule has 8 heteroatoms. The lowest BCUT2D eigenvalue weighted by Crippen LogP contribution is -2.40. The van der Waals surface area contributed by atoms with Crippen molar-refractivity contribution in [2.24, 2.45) is 11.8 Å². The summed E-state index contributed by atoms with van der Waals surface area (Å²) in [5, 5.41) is 17.9. The summed E-state index contributed by atoms with van der Waals surface area (Å²) < 4.78 is 0. The number of hydrogen-bond acceptors (Lipinski definition) is 4. The fraction of sp³-hybridized carbons (Fsp3) is 0.778. The predicted octanol–water partition coefficient (Wildman–Crippen LogP) is 1.19. The van der Waals surface area contributed by atoms with Crippen LogP contribution in [0.1, 0.15) is 51.4 Å². The van der Waals surface area contributed by atoms with Crippen LogP contribution in [0.5, 0.6) is 0 Å². The molecule has 26 heavy (non-hydrogen) atoms.